The fraction of sp³-hybridized carbons (Fsp3) is 0.462. The molecule has 0 saturated heterocycles. The van der Waals surface area contributed by atoms with Crippen LogP contribution in [0.1, 0.15) is 43.7 Å². The Bertz CT molecular complexity index is 384. The second kappa shape index (κ2) is 3.13. The van der Waals surface area contributed by atoms with Gasteiger partial charge in [0.25, 0.3) is 0 Å². The van der Waals surface area contributed by atoms with Gasteiger partial charge in [-0.1, -0.05) is 38.1 Å². The van der Waals surface area contributed by atoms with Gasteiger partial charge in [-0.2, -0.15) is 5.26 Å². The van der Waals surface area contributed by atoms with Crippen molar-refractivity contribution in [2.24, 2.45) is 0 Å². The molecule has 0 radical (unpaired) electrons. The van der Waals surface area contributed by atoms with Crippen molar-refractivity contribution >= 4 is 0 Å². The zero-order valence-corrected chi connectivity index (χ0v) is 8.75. The van der Waals surface area contributed by atoms with Crippen LogP contribution in [0.5, 0.6) is 0 Å². The van der Waals surface area contributed by atoms with Gasteiger partial charge >= 0.3 is 0 Å². The van der Waals surface area contributed by atoms with E-state index in [4.69, 9.17) is 5.26 Å². The van der Waals surface area contributed by atoms with Crippen molar-refractivity contribution < 1.29 is 0 Å². The zero-order valence-electron chi connectivity index (χ0n) is 8.75. The average molecular weight is 185 g/mol. The minimum absolute atomic E-state index is 0.110. The second-order valence-corrected chi connectivity index (χ2v) is 4.69. The summed E-state index contributed by atoms with van der Waals surface area (Å²) in [5.74, 6) is 0.110. The summed E-state index contributed by atoms with van der Waals surface area (Å²) in [7, 11) is 0. The molecule has 1 aromatic rings. The molecule has 1 aromatic carbocycles. The molecule has 2 rings (SSSR count). The van der Waals surface area contributed by atoms with Gasteiger partial charge in [0, 0.05) is 0 Å². The van der Waals surface area contributed by atoms with Crippen LogP contribution in [-0.4, -0.2) is 0 Å². The molecule has 0 aliphatic heterocycles. The Labute approximate surface area is 85.4 Å². The number of fused-ring (bicyclic) bond motifs is 1. The highest BCUT2D eigenvalue weighted by Gasteiger charge is 2.31. The smallest absolute Gasteiger partial charge is 0.0715 e. The average Bonchev–Trinajstić information content (AvgIpc) is 2.18. The van der Waals surface area contributed by atoms with Crippen LogP contribution in [0.3, 0.4) is 0 Å². The van der Waals surface area contributed by atoms with Crippen LogP contribution in [0.2, 0.25) is 0 Å². The molecular formula is C13H15N. The first-order chi connectivity index (χ1) is 6.65. The van der Waals surface area contributed by atoms with Gasteiger partial charge in [0.15, 0.2) is 0 Å². The van der Waals surface area contributed by atoms with Crippen molar-refractivity contribution in [2.75, 3.05) is 0 Å². The summed E-state index contributed by atoms with van der Waals surface area (Å²) in [5, 5.41) is 9.06. The first-order valence-corrected chi connectivity index (χ1v) is 5.14. The fourth-order valence-electron chi connectivity index (χ4n) is 2.35. The molecule has 1 aliphatic rings. The van der Waals surface area contributed by atoms with E-state index in [0.717, 1.165) is 12.8 Å². The molecule has 0 fully saturated rings. The van der Waals surface area contributed by atoms with Gasteiger partial charge in [-0.25, -0.2) is 0 Å². The number of hydrogen-bond acceptors (Lipinski definition) is 1. The molecule has 1 unspecified atom stereocenters. The third-order valence-electron chi connectivity index (χ3n) is 3.28. The first kappa shape index (κ1) is 9.27. The highest BCUT2D eigenvalue weighted by atomic mass is 14.4. The molecule has 1 atom stereocenters. The molecule has 0 spiro atoms. The van der Waals surface area contributed by atoms with Gasteiger partial charge in [0.05, 0.1) is 12.0 Å². The third kappa shape index (κ3) is 1.32. The predicted molar refractivity (Wildman–Crippen MR) is 57.1 cm³/mol. The summed E-state index contributed by atoms with van der Waals surface area (Å²) in [4.78, 5) is 0. The monoisotopic (exact) mass is 185 g/mol. The standard InChI is InChI=1S/C13H15N/c1-13(2)8-7-10(9-14)11-5-3-4-6-12(11)13/h3-6,10H,7-8H2,1-2H3. The van der Waals surface area contributed by atoms with Crippen LogP contribution >= 0.6 is 0 Å². The van der Waals surface area contributed by atoms with Crippen LogP contribution < -0.4 is 0 Å². The first-order valence-electron chi connectivity index (χ1n) is 5.14. The van der Waals surface area contributed by atoms with Crippen molar-refractivity contribution in [3.05, 3.63) is 35.4 Å². The van der Waals surface area contributed by atoms with Crippen LogP contribution in [0, 0.1) is 11.3 Å². The van der Waals surface area contributed by atoms with Crippen LogP contribution in [0.4, 0.5) is 0 Å². The van der Waals surface area contributed by atoms with Crippen LogP contribution in [0.25, 0.3) is 0 Å². The minimum atomic E-state index is 0.110. The van der Waals surface area contributed by atoms with E-state index >= 15 is 0 Å². The third-order valence-corrected chi connectivity index (χ3v) is 3.28. The predicted octanol–water partition coefficient (Wildman–Crippen LogP) is 3.37. The molecule has 1 nitrogen and oxygen atoms in total. The van der Waals surface area contributed by atoms with Crippen LogP contribution in [0.15, 0.2) is 24.3 Å². The molecule has 0 heterocycles. The molecule has 14 heavy (non-hydrogen) atoms. The molecule has 72 valence electrons. The quantitative estimate of drug-likeness (QED) is 0.608. The van der Waals surface area contributed by atoms with Crippen molar-refractivity contribution in [3.8, 4) is 6.07 Å². The fourth-order valence-corrected chi connectivity index (χ4v) is 2.35. The Morgan fingerprint density at radius 1 is 1.36 bits per heavy atom. The van der Waals surface area contributed by atoms with Crippen molar-refractivity contribution in [1.82, 2.24) is 0 Å². The van der Waals surface area contributed by atoms with E-state index in [0.29, 0.717) is 0 Å². The summed E-state index contributed by atoms with van der Waals surface area (Å²) < 4.78 is 0. The van der Waals surface area contributed by atoms with E-state index in [2.05, 4.69) is 38.1 Å². The van der Waals surface area contributed by atoms with Gasteiger partial charge in [-0.3, -0.25) is 0 Å². The summed E-state index contributed by atoms with van der Waals surface area (Å²) in [6, 6.07) is 10.8. The topological polar surface area (TPSA) is 23.8 Å². The maximum absolute atomic E-state index is 9.06. The van der Waals surface area contributed by atoms with Gasteiger partial charge in [-0.15, -0.1) is 0 Å². The maximum atomic E-state index is 9.06. The van der Waals surface area contributed by atoms with Crippen molar-refractivity contribution in [2.45, 2.75) is 38.0 Å². The van der Waals surface area contributed by atoms with Crippen molar-refractivity contribution in [1.29, 1.82) is 5.26 Å². The Morgan fingerprint density at radius 3 is 2.79 bits per heavy atom. The molecule has 1 heteroatoms. The zero-order chi connectivity index (χ0) is 10.2. The molecular weight excluding hydrogens is 170 g/mol. The maximum Gasteiger partial charge on any atom is 0.0715 e. The lowest BCUT2D eigenvalue weighted by atomic mass is 9.69. The van der Waals surface area contributed by atoms with Gasteiger partial charge < -0.3 is 0 Å². The molecule has 0 N–H and O–H groups in total. The lowest BCUT2D eigenvalue weighted by Crippen LogP contribution is -2.25. The van der Waals surface area contributed by atoms with Crippen molar-refractivity contribution in [3.63, 3.8) is 0 Å². The highest BCUT2D eigenvalue weighted by Crippen LogP contribution is 2.41. The normalized spacial score (nSPS) is 23.6. The van der Waals surface area contributed by atoms with E-state index in [1.807, 2.05) is 6.07 Å². The summed E-state index contributed by atoms with van der Waals surface area (Å²) in [6.07, 6.45) is 2.11. The Hall–Kier alpha value is -1.29. The number of nitrogens with zero attached hydrogens (tertiary/aromatic N) is 1. The van der Waals surface area contributed by atoms with E-state index in [1.165, 1.54) is 11.1 Å². The van der Waals surface area contributed by atoms with Gasteiger partial charge in [-0.05, 0) is 29.4 Å². The summed E-state index contributed by atoms with van der Waals surface area (Å²) in [5.41, 5.74) is 2.84. The molecule has 1 aliphatic carbocycles. The van der Waals surface area contributed by atoms with E-state index in [9.17, 15) is 0 Å². The Balaban J connectivity index is 2.56. The SMILES string of the molecule is CC1(C)CCC(C#N)c2ccccc21. The highest BCUT2D eigenvalue weighted by molar-refractivity contribution is 5.40. The lowest BCUT2D eigenvalue weighted by Gasteiger charge is -2.34. The minimum Gasteiger partial charge on any atom is -0.198 e. The van der Waals surface area contributed by atoms with E-state index < -0.39 is 0 Å². The van der Waals surface area contributed by atoms with Crippen LogP contribution in [-0.2, 0) is 5.41 Å². The van der Waals surface area contributed by atoms with E-state index in [1.54, 1.807) is 0 Å². The number of hydrogen-bond donors (Lipinski definition) is 0. The Morgan fingerprint density at radius 2 is 2.07 bits per heavy atom. The summed E-state index contributed by atoms with van der Waals surface area (Å²) in [6.45, 7) is 4.53. The lowest BCUT2D eigenvalue weighted by molar-refractivity contribution is 0.417. The largest absolute Gasteiger partial charge is 0.198 e. The van der Waals surface area contributed by atoms with Gasteiger partial charge in [0.1, 0.15) is 0 Å². The molecule has 0 aromatic heterocycles. The number of nitriles is 1. The van der Waals surface area contributed by atoms with Gasteiger partial charge in [0.2, 0.25) is 0 Å². The molecule has 0 amide bonds. The molecule has 0 bridgehead atoms. The van der Waals surface area contributed by atoms with E-state index in [-0.39, 0.29) is 11.3 Å². The summed E-state index contributed by atoms with van der Waals surface area (Å²) >= 11 is 0. The molecule has 0 saturated carbocycles. The Kier molecular flexibility index (Phi) is 2.07. The number of rotatable bonds is 0. The second-order valence-electron chi connectivity index (χ2n) is 4.69. The number of benzene rings is 1.